The standard InChI is InChI=1S/C26H22O4/c27-21-13-5-1-9-17(21)25(18-10-2-6-14-22(18)28)26(19-11-3-7-15-23(19)29)20-12-4-8-16-24(20)30/h1-16,25-30H. The van der Waals surface area contributed by atoms with Crippen molar-refractivity contribution < 1.29 is 20.4 Å². The third-order valence-electron chi connectivity index (χ3n) is 5.42. The van der Waals surface area contributed by atoms with Crippen LogP contribution in [0.25, 0.3) is 0 Å². The van der Waals surface area contributed by atoms with Gasteiger partial charge in [0.1, 0.15) is 23.0 Å². The molecule has 0 atom stereocenters. The molecule has 0 aromatic heterocycles. The lowest BCUT2D eigenvalue weighted by atomic mass is 9.72. The van der Waals surface area contributed by atoms with E-state index in [1.54, 1.807) is 72.8 Å². The molecule has 0 bridgehead atoms. The molecule has 4 rings (SSSR count). The first-order chi connectivity index (χ1) is 14.6. The van der Waals surface area contributed by atoms with E-state index in [9.17, 15) is 20.4 Å². The third kappa shape index (κ3) is 3.55. The summed E-state index contributed by atoms with van der Waals surface area (Å²) in [6, 6.07) is 27.7. The van der Waals surface area contributed by atoms with Gasteiger partial charge < -0.3 is 20.4 Å². The highest BCUT2D eigenvalue weighted by atomic mass is 16.3. The van der Waals surface area contributed by atoms with Crippen LogP contribution in [0.3, 0.4) is 0 Å². The Kier molecular flexibility index (Phi) is 5.31. The van der Waals surface area contributed by atoms with Crippen molar-refractivity contribution >= 4 is 0 Å². The molecule has 150 valence electrons. The van der Waals surface area contributed by atoms with E-state index in [2.05, 4.69) is 0 Å². The molecule has 4 N–H and O–H groups in total. The largest absolute Gasteiger partial charge is 0.508 e. The Morgan fingerprint density at radius 3 is 0.733 bits per heavy atom. The van der Waals surface area contributed by atoms with Gasteiger partial charge in [-0.25, -0.2) is 0 Å². The minimum Gasteiger partial charge on any atom is -0.508 e. The predicted molar refractivity (Wildman–Crippen MR) is 116 cm³/mol. The van der Waals surface area contributed by atoms with Crippen molar-refractivity contribution in [3.05, 3.63) is 119 Å². The molecule has 0 saturated heterocycles. The molecular formula is C26H22O4. The second-order valence-corrected chi connectivity index (χ2v) is 7.19. The number of phenols is 4. The summed E-state index contributed by atoms with van der Waals surface area (Å²) >= 11 is 0. The molecule has 4 aromatic rings. The molecule has 0 amide bonds. The fourth-order valence-electron chi connectivity index (χ4n) is 4.06. The SMILES string of the molecule is Oc1ccccc1C(c1ccccc1O)C(c1ccccc1O)c1ccccc1O. The van der Waals surface area contributed by atoms with Gasteiger partial charge in [0.15, 0.2) is 0 Å². The minimum atomic E-state index is -0.575. The van der Waals surface area contributed by atoms with Crippen molar-refractivity contribution in [3.8, 4) is 23.0 Å². The van der Waals surface area contributed by atoms with E-state index in [4.69, 9.17) is 0 Å². The fourth-order valence-corrected chi connectivity index (χ4v) is 4.06. The molecule has 4 nitrogen and oxygen atoms in total. The van der Waals surface area contributed by atoms with Crippen LogP contribution in [0.2, 0.25) is 0 Å². The molecule has 0 unspecified atom stereocenters. The third-order valence-corrected chi connectivity index (χ3v) is 5.42. The zero-order valence-corrected chi connectivity index (χ0v) is 16.2. The van der Waals surface area contributed by atoms with Crippen LogP contribution in [-0.4, -0.2) is 20.4 Å². The Labute approximate surface area is 175 Å². The van der Waals surface area contributed by atoms with Crippen molar-refractivity contribution in [2.24, 2.45) is 0 Å². The Morgan fingerprint density at radius 1 is 0.333 bits per heavy atom. The van der Waals surface area contributed by atoms with E-state index in [1.165, 1.54) is 0 Å². The normalized spacial score (nSPS) is 11.1. The van der Waals surface area contributed by atoms with Gasteiger partial charge in [-0.2, -0.15) is 0 Å². The molecule has 0 saturated carbocycles. The molecule has 0 heterocycles. The highest BCUT2D eigenvalue weighted by Crippen LogP contribution is 2.50. The summed E-state index contributed by atoms with van der Waals surface area (Å²) in [6.07, 6.45) is 0. The zero-order valence-electron chi connectivity index (χ0n) is 16.2. The van der Waals surface area contributed by atoms with Crippen molar-refractivity contribution in [2.75, 3.05) is 0 Å². The molecule has 0 aliphatic heterocycles. The first-order valence-corrected chi connectivity index (χ1v) is 9.69. The summed E-state index contributed by atoms with van der Waals surface area (Å²) in [5.74, 6) is -0.866. The number of hydrogen-bond donors (Lipinski definition) is 4. The molecule has 0 aliphatic rings. The predicted octanol–water partition coefficient (Wildman–Crippen LogP) is 5.47. The number of hydrogen-bond acceptors (Lipinski definition) is 4. The van der Waals surface area contributed by atoms with Crippen molar-refractivity contribution in [1.29, 1.82) is 0 Å². The van der Waals surface area contributed by atoms with Crippen LogP contribution in [0.4, 0.5) is 0 Å². The summed E-state index contributed by atoms with van der Waals surface area (Å²) in [4.78, 5) is 0. The number of benzene rings is 4. The molecule has 0 aliphatic carbocycles. The highest BCUT2D eigenvalue weighted by molar-refractivity contribution is 5.56. The number of aromatic hydroxyl groups is 4. The fraction of sp³-hybridized carbons (Fsp3) is 0.0769. The Bertz CT molecular complexity index is 985. The Morgan fingerprint density at radius 2 is 0.533 bits per heavy atom. The van der Waals surface area contributed by atoms with Crippen LogP contribution in [0.15, 0.2) is 97.1 Å². The lowest BCUT2D eigenvalue weighted by Crippen LogP contribution is -2.15. The summed E-state index contributed by atoms with van der Waals surface area (Å²) in [6.45, 7) is 0. The van der Waals surface area contributed by atoms with Gasteiger partial charge >= 0.3 is 0 Å². The van der Waals surface area contributed by atoms with E-state index < -0.39 is 11.8 Å². The molecule has 0 radical (unpaired) electrons. The highest BCUT2D eigenvalue weighted by Gasteiger charge is 2.34. The summed E-state index contributed by atoms with van der Waals surface area (Å²) in [5.41, 5.74) is 2.32. The molecule has 4 heteroatoms. The second-order valence-electron chi connectivity index (χ2n) is 7.19. The van der Waals surface area contributed by atoms with E-state index in [-0.39, 0.29) is 23.0 Å². The Hall–Kier alpha value is -3.92. The second kappa shape index (κ2) is 8.21. The van der Waals surface area contributed by atoms with Gasteiger partial charge in [-0.1, -0.05) is 72.8 Å². The monoisotopic (exact) mass is 398 g/mol. The maximum absolute atomic E-state index is 10.7. The van der Waals surface area contributed by atoms with Gasteiger partial charge in [0.2, 0.25) is 0 Å². The van der Waals surface area contributed by atoms with E-state index in [0.29, 0.717) is 22.3 Å². The van der Waals surface area contributed by atoms with Gasteiger partial charge in [0.25, 0.3) is 0 Å². The number of para-hydroxylation sites is 4. The number of phenolic OH excluding ortho intramolecular Hbond substituents is 4. The zero-order chi connectivity index (χ0) is 21.1. The lowest BCUT2D eigenvalue weighted by Gasteiger charge is -2.31. The van der Waals surface area contributed by atoms with Crippen LogP contribution in [-0.2, 0) is 0 Å². The van der Waals surface area contributed by atoms with Gasteiger partial charge in [0, 0.05) is 34.1 Å². The average Bonchev–Trinajstić information content (AvgIpc) is 2.75. The first kappa shape index (κ1) is 19.4. The quantitative estimate of drug-likeness (QED) is 0.359. The molecule has 4 aromatic carbocycles. The number of rotatable bonds is 5. The van der Waals surface area contributed by atoms with Crippen LogP contribution in [0.1, 0.15) is 34.1 Å². The van der Waals surface area contributed by atoms with Crippen LogP contribution >= 0.6 is 0 Å². The van der Waals surface area contributed by atoms with Crippen molar-refractivity contribution in [3.63, 3.8) is 0 Å². The molecular weight excluding hydrogens is 376 g/mol. The summed E-state index contributed by atoms with van der Waals surface area (Å²) < 4.78 is 0. The van der Waals surface area contributed by atoms with E-state index >= 15 is 0 Å². The van der Waals surface area contributed by atoms with Gasteiger partial charge in [-0.15, -0.1) is 0 Å². The summed E-state index contributed by atoms with van der Waals surface area (Å²) in [7, 11) is 0. The molecule has 0 fully saturated rings. The lowest BCUT2D eigenvalue weighted by molar-refractivity contribution is 0.432. The van der Waals surface area contributed by atoms with E-state index in [0.717, 1.165) is 0 Å². The van der Waals surface area contributed by atoms with Crippen LogP contribution in [0.5, 0.6) is 23.0 Å². The topological polar surface area (TPSA) is 80.9 Å². The Balaban J connectivity index is 2.06. The van der Waals surface area contributed by atoms with E-state index in [1.807, 2.05) is 24.3 Å². The van der Waals surface area contributed by atoms with Gasteiger partial charge in [0.05, 0.1) is 0 Å². The first-order valence-electron chi connectivity index (χ1n) is 9.69. The smallest absolute Gasteiger partial charge is 0.119 e. The van der Waals surface area contributed by atoms with Gasteiger partial charge in [-0.05, 0) is 24.3 Å². The molecule has 0 spiro atoms. The maximum atomic E-state index is 10.7. The van der Waals surface area contributed by atoms with Gasteiger partial charge in [-0.3, -0.25) is 0 Å². The minimum absolute atomic E-state index is 0.0709. The molecule has 30 heavy (non-hydrogen) atoms. The van der Waals surface area contributed by atoms with Crippen LogP contribution < -0.4 is 0 Å². The average molecular weight is 398 g/mol. The van der Waals surface area contributed by atoms with Crippen LogP contribution in [0, 0.1) is 0 Å². The maximum Gasteiger partial charge on any atom is 0.119 e. The van der Waals surface area contributed by atoms with Crippen molar-refractivity contribution in [2.45, 2.75) is 11.8 Å². The van der Waals surface area contributed by atoms with Crippen molar-refractivity contribution in [1.82, 2.24) is 0 Å². The summed E-state index contributed by atoms with van der Waals surface area (Å²) in [5, 5.41) is 42.8.